The summed E-state index contributed by atoms with van der Waals surface area (Å²) in [6, 6.07) is 6.97. The lowest BCUT2D eigenvalue weighted by atomic mass is 10.2. The minimum atomic E-state index is -1.96. The van der Waals surface area contributed by atoms with Crippen molar-refractivity contribution in [3.8, 4) is 28.7 Å². The predicted molar refractivity (Wildman–Crippen MR) is 132 cm³/mol. The van der Waals surface area contributed by atoms with Gasteiger partial charge in [0.15, 0.2) is 31.3 Å². The minimum absolute atomic E-state index is 0.0783. The first-order valence-corrected chi connectivity index (χ1v) is 14.2. The van der Waals surface area contributed by atoms with Gasteiger partial charge in [-0.15, -0.1) is 0 Å². The molecule has 9 heteroatoms. The van der Waals surface area contributed by atoms with Gasteiger partial charge < -0.3 is 28.1 Å². The van der Waals surface area contributed by atoms with Crippen molar-refractivity contribution >= 4 is 36.9 Å². The molecule has 7 nitrogen and oxygen atoms in total. The number of halogens is 1. The summed E-state index contributed by atoms with van der Waals surface area (Å²) in [5.41, 5.74) is 1.20. The fourth-order valence-electron chi connectivity index (χ4n) is 2.85. The highest BCUT2D eigenvalue weighted by Gasteiger charge is 2.37. The summed E-state index contributed by atoms with van der Waals surface area (Å²) in [7, 11) is 1.09. The Labute approximate surface area is 203 Å². The number of rotatable bonds is 7. The Bertz CT molecular complexity index is 1010. The van der Waals surface area contributed by atoms with Crippen LogP contribution in [-0.4, -0.2) is 35.3 Å². The zero-order chi connectivity index (χ0) is 23.7. The standard InChI is InChI=1S/C23H29IO7Si/c1-23(2,3)32(6,7)30-12-14-8-19(26-4)21(27-5)20(9-14)31-22(25)15-10-17-18(11-16(15)24)29-13-28-17/h8-11H,12-13H2,1-7H3. The molecule has 0 unspecified atom stereocenters. The lowest BCUT2D eigenvalue weighted by Crippen LogP contribution is -2.40. The molecule has 0 saturated carbocycles. The van der Waals surface area contributed by atoms with Crippen LogP contribution in [0.1, 0.15) is 36.7 Å². The van der Waals surface area contributed by atoms with E-state index in [2.05, 4.69) is 56.5 Å². The van der Waals surface area contributed by atoms with Crippen LogP contribution >= 0.6 is 22.6 Å². The Morgan fingerprint density at radius 2 is 1.66 bits per heavy atom. The number of ether oxygens (including phenoxy) is 5. The second-order valence-electron chi connectivity index (χ2n) is 8.95. The summed E-state index contributed by atoms with van der Waals surface area (Å²) >= 11 is 2.07. The molecule has 0 amide bonds. The van der Waals surface area contributed by atoms with Gasteiger partial charge in [0.05, 0.1) is 26.4 Å². The van der Waals surface area contributed by atoms with Gasteiger partial charge in [0, 0.05) is 3.57 Å². The molecule has 1 aliphatic rings. The van der Waals surface area contributed by atoms with E-state index in [0.29, 0.717) is 38.7 Å². The van der Waals surface area contributed by atoms with E-state index < -0.39 is 14.3 Å². The normalized spacial score (nSPS) is 13.1. The van der Waals surface area contributed by atoms with Crippen LogP contribution in [0.2, 0.25) is 18.1 Å². The molecule has 0 bridgehead atoms. The number of fused-ring (bicyclic) bond motifs is 1. The van der Waals surface area contributed by atoms with Crippen LogP contribution in [0.25, 0.3) is 0 Å². The van der Waals surface area contributed by atoms with Crippen molar-refractivity contribution in [1.29, 1.82) is 0 Å². The van der Waals surface area contributed by atoms with E-state index in [4.69, 9.17) is 28.1 Å². The molecule has 2 aromatic rings. The van der Waals surface area contributed by atoms with Crippen molar-refractivity contribution in [2.45, 2.75) is 45.5 Å². The second-order valence-corrected chi connectivity index (χ2v) is 14.9. The van der Waals surface area contributed by atoms with Gasteiger partial charge in [0.1, 0.15) is 0 Å². The minimum Gasteiger partial charge on any atom is -0.493 e. The highest BCUT2D eigenvalue weighted by Crippen LogP contribution is 2.42. The zero-order valence-corrected chi connectivity index (χ0v) is 22.6. The van der Waals surface area contributed by atoms with Crippen molar-refractivity contribution < 1.29 is 32.9 Å². The molecule has 0 N–H and O–H groups in total. The van der Waals surface area contributed by atoms with Gasteiger partial charge in [0.25, 0.3) is 0 Å². The Morgan fingerprint density at radius 3 is 2.25 bits per heavy atom. The van der Waals surface area contributed by atoms with Crippen LogP contribution in [0, 0.1) is 3.57 Å². The molecule has 32 heavy (non-hydrogen) atoms. The number of carbonyl (C=O) groups is 1. The molecular formula is C23H29IO7Si. The van der Waals surface area contributed by atoms with Gasteiger partial charge in [-0.05, 0) is 70.6 Å². The first-order chi connectivity index (χ1) is 15.0. The Kier molecular flexibility index (Phi) is 7.30. The van der Waals surface area contributed by atoms with Crippen molar-refractivity contribution in [3.05, 3.63) is 39.0 Å². The third-order valence-electron chi connectivity index (χ3n) is 5.80. The van der Waals surface area contributed by atoms with Crippen LogP contribution in [0.15, 0.2) is 24.3 Å². The highest BCUT2D eigenvalue weighted by molar-refractivity contribution is 14.1. The summed E-state index contributed by atoms with van der Waals surface area (Å²) in [4.78, 5) is 13.0. The number of carbonyl (C=O) groups excluding carboxylic acids is 1. The monoisotopic (exact) mass is 572 g/mol. The third kappa shape index (κ3) is 5.15. The van der Waals surface area contributed by atoms with E-state index in [0.717, 1.165) is 5.56 Å². The van der Waals surface area contributed by atoms with E-state index >= 15 is 0 Å². The maximum absolute atomic E-state index is 13.0. The second kappa shape index (κ2) is 9.48. The quantitative estimate of drug-likeness (QED) is 0.180. The fraction of sp³-hybridized carbons (Fsp3) is 0.435. The van der Waals surface area contributed by atoms with Crippen molar-refractivity contribution in [2.75, 3.05) is 21.0 Å². The number of benzene rings is 2. The Balaban J connectivity index is 1.90. The Hall–Kier alpha value is -1.98. The summed E-state index contributed by atoms with van der Waals surface area (Å²) in [6.45, 7) is 11.5. The van der Waals surface area contributed by atoms with Crippen LogP contribution in [-0.2, 0) is 11.0 Å². The van der Waals surface area contributed by atoms with E-state index in [9.17, 15) is 4.79 Å². The molecule has 3 rings (SSSR count). The van der Waals surface area contributed by atoms with Crippen LogP contribution in [0.4, 0.5) is 0 Å². The average molecular weight is 572 g/mol. The molecule has 0 spiro atoms. The molecule has 0 radical (unpaired) electrons. The first-order valence-electron chi connectivity index (χ1n) is 10.2. The van der Waals surface area contributed by atoms with Gasteiger partial charge in [-0.1, -0.05) is 20.8 Å². The predicted octanol–water partition coefficient (Wildman–Crippen LogP) is 5.78. The van der Waals surface area contributed by atoms with Crippen molar-refractivity contribution in [3.63, 3.8) is 0 Å². The van der Waals surface area contributed by atoms with Gasteiger partial charge >= 0.3 is 5.97 Å². The smallest absolute Gasteiger partial charge is 0.344 e. The number of hydrogen-bond acceptors (Lipinski definition) is 7. The molecule has 174 valence electrons. The van der Waals surface area contributed by atoms with E-state index in [1.807, 2.05) is 6.07 Å². The summed E-state index contributed by atoms with van der Waals surface area (Å²) in [5, 5.41) is 0.0783. The molecule has 0 saturated heterocycles. The summed E-state index contributed by atoms with van der Waals surface area (Å²) in [5.74, 6) is 1.66. The molecule has 0 atom stereocenters. The van der Waals surface area contributed by atoms with Crippen molar-refractivity contribution in [1.82, 2.24) is 0 Å². The van der Waals surface area contributed by atoms with Crippen molar-refractivity contribution in [2.24, 2.45) is 0 Å². The van der Waals surface area contributed by atoms with Gasteiger partial charge in [-0.25, -0.2) is 4.79 Å². The van der Waals surface area contributed by atoms with Gasteiger partial charge in [0.2, 0.25) is 12.5 Å². The van der Waals surface area contributed by atoms with Gasteiger partial charge in [-0.2, -0.15) is 0 Å². The van der Waals surface area contributed by atoms with Gasteiger partial charge in [-0.3, -0.25) is 0 Å². The van der Waals surface area contributed by atoms with E-state index in [1.54, 1.807) is 25.3 Å². The summed E-state index contributed by atoms with van der Waals surface area (Å²) in [6.07, 6.45) is 0. The molecule has 0 fully saturated rings. The average Bonchev–Trinajstić information content (AvgIpc) is 3.17. The van der Waals surface area contributed by atoms with Crippen LogP contribution in [0.3, 0.4) is 0 Å². The highest BCUT2D eigenvalue weighted by atomic mass is 127. The molecular weight excluding hydrogens is 543 g/mol. The molecule has 1 heterocycles. The summed E-state index contributed by atoms with van der Waals surface area (Å²) < 4.78 is 34.5. The maximum atomic E-state index is 13.0. The van der Waals surface area contributed by atoms with Crippen LogP contribution < -0.4 is 23.7 Å². The topological polar surface area (TPSA) is 72.5 Å². The number of hydrogen-bond donors (Lipinski definition) is 0. The largest absolute Gasteiger partial charge is 0.493 e. The van der Waals surface area contributed by atoms with Crippen LogP contribution in [0.5, 0.6) is 28.7 Å². The Morgan fingerprint density at radius 1 is 1.03 bits per heavy atom. The maximum Gasteiger partial charge on any atom is 0.344 e. The van der Waals surface area contributed by atoms with E-state index in [1.165, 1.54) is 7.11 Å². The number of esters is 1. The molecule has 0 aliphatic carbocycles. The molecule has 2 aromatic carbocycles. The SMILES string of the molecule is COc1cc(CO[Si](C)(C)C(C)(C)C)cc(OC(=O)c2cc3c(cc2I)OCO3)c1OC. The lowest BCUT2D eigenvalue weighted by Gasteiger charge is -2.36. The third-order valence-corrected chi connectivity index (χ3v) is 11.2. The fourth-order valence-corrected chi connectivity index (χ4v) is 4.47. The molecule has 0 aromatic heterocycles. The van der Waals surface area contributed by atoms with E-state index in [-0.39, 0.29) is 17.6 Å². The lowest BCUT2D eigenvalue weighted by molar-refractivity contribution is 0.0727. The number of methoxy groups -OCH3 is 2. The zero-order valence-electron chi connectivity index (χ0n) is 19.5. The molecule has 1 aliphatic heterocycles. The first kappa shape index (κ1) is 24.7.